The zero-order valence-electron chi connectivity index (χ0n) is 18.7. The molecule has 1 unspecified atom stereocenters. The lowest BCUT2D eigenvalue weighted by Gasteiger charge is -2.17. The molecule has 1 N–H and O–H groups in total. The molecule has 0 bridgehead atoms. The molecule has 1 aromatic carbocycles. The zero-order chi connectivity index (χ0) is 21.2. The fraction of sp³-hybridized carbons (Fsp3) is 0.720. The van der Waals surface area contributed by atoms with Gasteiger partial charge in [0.1, 0.15) is 0 Å². The topological polar surface area (TPSA) is 55.8 Å². The third-order valence-electron chi connectivity index (χ3n) is 5.18. The minimum absolute atomic E-state index is 0.521. The van der Waals surface area contributed by atoms with Gasteiger partial charge >= 0.3 is 5.97 Å². The van der Waals surface area contributed by atoms with Gasteiger partial charge in [0, 0.05) is 0 Å². The van der Waals surface area contributed by atoms with Gasteiger partial charge < -0.3 is 14.6 Å². The third kappa shape index (κ3) is 12.5. The predicted molar refractivity (Wildman–Crippen MR) is 120 cm³/mol. The highest BCUT2D eigenvalue weighted by atomic mass is 16.5. The van der Waals surface area contributed by atoms with E-state index in [1.807, 2.05) is 25.1 Å². The van der Waals surface area contributed by atoms with E-state index in [9.17, 15) is 9.90 Å². The van der Waals surface area contributed by atoms with Gasteiger partial charge in [-0.25, -0.2) is 4.79 Å². The fourth-order valence-corrected chi connectivity index (χ4v) is 3.44. The number of carboxylic acid groups (broad SMARTS) is 1. The highest BCUT2D eigenvalue weighted by molar-refractivity contribution is 5.72. The van der Waals surface area contributed by atoms with Crippen molar-refractivity contribution in [3.8, 4) is 11.5 Å². The Morgan fingerprint density at radius 1 is 0.793 bits per heavy atom. The Kier molecular flexibility index (Phi) is 15.0. The van der Waals surface area contributed by atoms with Crippen LogP contribution in [-0.4, -0.2) is 23.8 Å². The quantitative estimate of drug-likeness (QED) is 0.243. The van der Waals surface area contributed by atoms with Crippen molar-refractivity contribution >= 4 is 5.97 Å². The molecule has 0 aliphatic rings. The van der Waals surface area contributed by atoms with Crippen molar-refractivity contribution < 1.29 is 19.4 Å². The van der Waals surface area contributed by atoms with E-state index in [0.29, 0.717) is 24.5 Å². The predicted octanol–water partition coefficient (Wildman–Crippen LogP) is 7.40. The Hall–Kier alpha value is -1.71. The Morgan fingerprint density at radius 3 is 1.83 bits per heavy atom. The van der Waals surface area contributed by atoms with E-state index >= 15 is 0 Å². The van der Waals surface area contributed by atoms with Gasteiger partial charge in [-0.3, -0.25) is 0 Å². The molecule has 1 rings (SSSR count). The van der Waals surface area contributed by atoms with E-state index in [1.165, 1.54) is 64.2 Å². The van der Waals surface area contributed by atoms with Gasteiger partial charge in [-0.05, 0) is 31.4 Å². The molecule has 1 atom stereocenters. The van der Waals surface area contributed by atoms with Gasteiger partial charge in [-0.15, -0.1) is 0 Å². The van der Waals surface area contributed by atoms with Gasteiger partial charge in [0.2, 0.25) is 0 Å². The first-order valence-corrected chi connectivity index (χ1v) is 11.8. The van der Waals surface area contributed by atoms with Crippen LogP contribution in [0, 0.1) is 0 Å². The largest absolute Gasteiger partial charge is 0.490 e. The van der Waals surface area contributed by atoms with Crippen molar-refractivity contribution in [3.63, 3.8) is 0 Å². The van der Waals surface area contributed by atoms with Crippen molar-refractivity contribution in [3.05, 3.63) is 24.3 Å². The summed E-state index contributed by atoms with van der Waals surface area (Å²) >= 11 is 0. The molecule has 0 amide bonds. The Balaban J connectivity index is 2.19. The van der Waals surface area contributed by atoms with Gasteiger partial charge in [0.15, 0.2) is 17.6 Å². The van der Waals surface area contributed by atoms with E-state index < -0.39 is 12.1 Å². The van der Waals surface area contributed by atoms with Crippen LogP contribution in [-0.2, 0) is 4.79 Å². The second kappa shape index (κ2) is 17.2. The average molecular weight is 407 g/mol. The second-order valence-electron chi connectivity index (χ2n) is 7.92. The molecule has 0 heterocycles. The maximum Gasteiger partial charge on any atom is 0.344 e. The van der Waals surface area contributed by atoms with Gasteiger partial charge in [0.05, 0.1) is 6.61 Å². The Bertz CT molecular complexity index is 529. The molecule has 166 valence electrons. The van der Waals surface area contributed by atoms with E-state index in [2.05, 4.69) is 6.92 Å². The molecule has 0 aliphatic carbocycles. The lowest BCUT2D eigenvalue weighted by atomic mass is 10.0. The molecule has 29 heavy (non-hydrogen) atoms. The summed E-state index contributed by atoms with van der Waals surface area (Å²) < 4.78 is 11.4. The molecule has 0 radical (unpaired) electrons. The molecule has 0 fully saturated rings. The molecule has 0 aromatic heterocycles. The molecule has 0 aliphatic heterocycles. The lowest BCUT2D eigenvalue weighted by molar-refractivity contribution is -0.145. The second-order valence-corrected chi connectivity index (χ2v) is 7.92. The van der Waals surface area contributed by atoms with E-state index in [1.54, 1.807) is 6.07 Å². The number of benzene rings is 1. The summed E-state index contributed by atoms with van der Waals surface area (Å²) in [5.74, 6) is 0.237. The van der Waals surface area contributed by atoms with E-state index in [4.69, 9.17) is 9.47 Å². The smallest absolute Gasteiger partial charge is 0.344 e. The maximum atomic E-state index is 11.6. The third-order valence-corrected chi connectivity index (χ3v) is 5.18. The fourth-order valence-electron chi connectivity index (χ4n) is 3.44. The molecule has 0 saturated heterocycles. The minimum atomic E-state index is -0.904. The van der Waals surface area contributed by atoms with E-state index in [-0.39, 0.29) is 0 Å². The first kappa shape index (κ1) is 25.3. The van der Waals surface area contributed by atoms with Gasteiger partial charge in [-0.2, -0.15) is 0 Å². The molecular weight excluding hydrogens is 364 g/mol. The van der Waals surface area contributed by atoms with Crippen LogP contribution in [0.1, 0.15) is 104 Å². The van der Waals surface area contributed by atoms with Crippen LogP contribution in [0.15, 0.2) is 24.3 Å². The summed E-state index contributed by atoms with van der Waals surface area (Å²) in [6.07, 6.45) is 15.8. The first-order valence-electron chi connectivity index (χ1n) is 11.8. The lowest BCUT2D eigenvalue weighted by Crippen LogP contribution is -2.27. The summed E-state index contributed by atoms with van der Waals surface area (Å²) in [7, 11) is 0. The summed E-state index contributed by atoms with van der Waals surface area (Å²) in [6, 6.07) is 7.33. The van der Waals surface area contributed by atoms with Crippen LogP contribution in [0.25, 0.3) is 0 Å². The average Bonchev–Trinajstić information content (AvgIpc) is 2.72. The monoisotopic (exact) mass is 406 g/mol. The van der Waals surface area contributed by atoms with Crippen LogP contribution in [0.3, 0.4) is 0 Å². The molecule has 1 aromatic rings. The molecule has 4 nitrogen and oxygen atoms in total. The number of para-hydroxylation sites is 2. The number of rotatable bonds is 19. The maximum absolute atomic E-state index is 11.6. The Labute approximate surface area is 178 Å². The molecule has 0 saturated carbocycles. The molecule has 4 heteroatoms. The van der Waals surface area contributed by atoms with Crippen molar-refractivity contribution in [2.45, 2.75) is 110 Å². The first-order chi connectivity index (χ1) is 14.2. The van der Waals surface area contributed by atoms with Crippen molar-refractivity contribution in [2.24, 2.45) is 0 Å². The van der Waals surface area contributed by atoms with Gasteiger partial charge in [-0.1, -0.05) is 96.6 Å². The van der Waals surface area contributed by atoms with Crippen LogP contribution in [0.5, 0.6) is 11.5 Å². The number of ether oxygens (including phenoxy) is 2. The Morgan fingerprint density at radius 2 is 1.31 bits per heavy atom. The number of aliphatic carboxylic acids is 1. The van der Waals surface area contributed by atoms with Crippen LogP contribution >= 0.6 is 0 Å². The summed E-state index contributed by atoms with van der Waals surface area (Å²) in [5, 5.41) is 9.51. The SMILES string of the molecule is CCCCCCCCCCCCCCC(Oc1ccccc1OCCC)C(=O)O. The number of carboxylic acids is 1. The summed E-state index contributed by atoms with van der Waals surface area (Å²) in [5.41, 5.74) is 0. The van der Waals surface area contributed by atoms with Gasteiger partial charge in [0.25, 0.3) is 0 Å². The van der Waals surface area contributed by atoms with Crippen molar-refractivity contribution in [1.29, 1.82) is 0 Å². The van der Waals surface area contributed by atoms with Crippen LogP contribution in [0.4, 0.5) is 0 Å². The standard InChI is InChI=1S/C25H42O4/c1-3-5-6-7-8-9-10-11-12-13-14-15-20-24(25(26)27)29-23-19-17-16-18-22(23)28-21-4-2/h16-19,24H,3-15,20-21H2,1-2H3,(H,26,27). The summed E-state index contributed by atoms with van der Waals surface area (Å²) in [4.78, 5) is 11.6. The highest BCUT2D eigenvalue weighted by Crippen LogP contribution is 2.28. The number of hydrogen-bond donors (Lipinski definition) is 1. The van der Waals surface area contributed by atoms with Crippen molar-refractivity contribution in [2.75, 3.05) is 6.61 Å². The number of carbonyl (C=O) groups is 1. The molecule has 0 spiro atoms. The van der Waals surface area contributed by atoms with Crippen LogP contribution < -0.4 is 9.47 Å². The van der Waals surface area contributed by atoms with Crippen LogP contribution in [0.2, 0.25) is 0 Å². The highest BCUT2D eigenvalue weighted by Gasteiger charge is 2.20. The molecular formula is C25H42O4. The normalized spacial score (nSPS) is 11.9. The van der Waals surface area contributed by atoms with E-state index in [0.717, 1.165) is 19.3 Å². The summed E-state index contributed by atoms with van der Waals surface area (Å²) in [6.45, 7) is 4.89. The zero-order valence-corrected chi connectivity index (χ0v) is 18.7. The number of hydrogen-bond acceptors (Lipinski definition) is 3. The van der Waals surface area contributed by atoms with Crippen molar-refractivity contribution in [1.82, 2.24) is 0 Å². The number of unbranched alkanes of at least 4 members (excludes halogenated alkanes) is 11. The minimum Gasteiger partial charge on any atom is -0.490 e.